The van der Waals surface area contributed by atoms with Gasteiger partial charge in [-0.25, -0.2) is 0 Å². The third-order valence-electron chi connectivity index (χ3n) is 7.46. The standard InChI is InChI=1S/C25H29N3O5S2/c1-2-32-19-8-14(3-4-18(19)33-13-21(26)29)9-20-22(30)28(24(34)35-20)27-23(31)25-10-15-5-16(11-25)7-17(6-15)12-25/h3-4,8-9,15-17H,2,5-7,10-13H2,1H3,(H2,26,29)(H,27,31)/b20-9-. The lowest BCUT2D eigenvalue weighted by molar-refractivity contribution is -0.152. The van der Waals surface area contributed by atoms with E-state index < -0.39 is 5.91 Å². The van der Waals surface area contributed by atoms with E-state index in [1.165, 1.54) is 24.3 Å². The van der Waals surface area contributed by atoms with E-state index in [9.17, 15) is 14.4 Å². The highest BCUT2D eigenvalue weighted by Crippen LogP contribution is 2.60. The summed E-state index contributed by atoms with van der Waals surface area (Å²) in [7, 11) is 0. The number of ether oxygens (including phenoxy) is 2. The summed E-state index contributed by atoms with van der Waals surface area (Å²) in [6, 6.07) is 5.13. The zero-order valence-electron chi connectivity index (χ0n) is 19.6. The minimum absolute atomic E-state index is 0.0660. The van der Waals surface area contributed by atoms with Crippen molar-refractivity contribution in [1.82, 2.24) is 10.4 Å². The average molecular weight is 516 g/mol. The lowest BCUT2D eigenvalue weighted by Gasteiger charge is -2.55. The van der Waals surface area contributed by atoms with Gasteiger partial charge in [0.25, 0.3) is 11.8 Å². The second-order valence-electron chi connectivity index (χ2n) is 10.1. The summed E-state index contributed by atoms with van der Waals surface area (Å²) in [5.41, 5.74) is 8.37. The van der Waals surface area contributed by atoms with E-state index in [2.05, 4.69) is 5.43 Å². The lowest BCUT2D eigenvalue weighted by Crippen LogP contribution is -2.57. The van der Waals surface area contributed by atoms with Gasteiger partial charge in [0.1, 0.15) is 0 Å². The molecule has 0 spiro atoms. The summed E-state index contributed by atoms with van der Waals surface area (Å²) in [4.78, 5) is 38.0. The van der Waals surface area contributed by atoms with Crippen molar-refractivity contribution in [3.05, 3.63) is 28.7 Å². The Balaban J connectivity index is 1.30. The number of hydrogen-bond acceptors (Lipinski definition) is 7. The van der Waals surface area contributed by atoms with Crippen molar-refractivity contribution < 1.29 is 23.9 Å². The molecular formula is C25H29N3O5S2. The van der Waals surface area contributed by atoms with Crippen molar-refractivity contribution >= 4 is 52.1 Å². The highest BCUT2D eigenvalue weighted by Gasteiger charge is 2.55. The topological polar surface area (TPSA) is 111 Å². The molecule has 6 rings (SSSR count). The summed E-state index contributed by atoms with van der Waals surface area (Å²) >= 11 is 6.60. The smallest absolute Gasteiger partial charge is 0.285 e. The van der Waals surface area contributed by atoms with Gasteiger partial charge in [-0.1, -0.05) is 17.8 Å². The van der Waals surface area contributed by atoms with Crippen molar-refractivity contribution in [2.24, 2.45) is 28.9 Å². The Morgan fingerprint density at radius 1 is 1.17 bits per heavy atom. The minimum Gasteiger partial charge on any atom is -0.490 e. The van der Waals surface area contributed by atoms with E-state index in [4.69, 9.17) is 27.4 Å². The van der Waals surface area contributed by atoms with Crippen LogP contribution in [0.25, 0.3) is 6.08 Å². The van der Waals surface area contributed by atoms with Crippen molar-refractivity contribution in [1.29, 1.82) is 0 Å². The molecule has 3 amide bonds. The molecule has 1 aliphatic heterocycles. The number of thioether (sulfide) groups is 1. The van der Waals surface area contributed by atoms with Crippen LogP contribution < -0.4 is 20.6 Å². The average Bonchev–Trinajstić information content (AvgIpc) is 3.05. The van der Waals surface area contributed by atoms with Crippen LogP contribution in [0.15, 0.2) is 23.1 Å². The number of carbonyl (C=O) groups excluding carboxylic acids is 3. The van der Waals surface area contributed by atoms with Crippen LogP contribution in [0.2, 0.25) is 0 Å². The number of amides is 3. The number of nitrogens with two attached hydrogens (primary N) is 1. The molecule has 3 N–H and O–H groups in total. The van der Waals surface area contributed by atoms with Crippen LogP contribution >= 0.6 is 24.0 Å². The minimum atomic E-state index is -0.587. The number of hydrazine groups is 1. The van der Waals surface area contributed by atoms with Crippen molar-refractivity contribution in [2.75, 3.05) is 13.2 Å². The van der Waals surface area contributed by atoms with E-state index in [0.717, 1.165) is 31.0 Å². The maximum Gasteiger partial charge on any atom is 0.285 e. The molecule has 0 radical (unpaired) electrons. The molecular weight excluding hydrogens is 486 g/mol. The molecule has 5 aliphatic rings. The highest BCUT2D eigenvalue weighted by atomic mass is 32.2. The molecule has 1 saturated heterocycles. The molecule has 8 nitrogen and oxygen atoms in total. The molecule has 10 heteroatoms. The van der Waals surface area contributed by atoms with E-state index in [1.54, 1.807) is 24.3 Å². The van der Waals surface area contributed by atoms with Gasteiger partial charge in [0.05, 0.1) is 16.9 Å². The van der Waals surface area contributed by atoms with Gasteiger partial charge in [0.15, 0.2) is 22.4 Å². The van der Waals surface area contributed by atoms with Gasteiger partial charge in [-0.15, -0.1) is 0 Å². The van der Waals surface area contributed by atoms with Gasteiger partial charge in [-0.3, -0.25) is 19.8 Å². The number of hydrogen-bond donors (Lipinski definition) is 2. The quantitative estimate of drug-likeness (QED) is 0.403. The third-order valence-corrected chi connectivity index (χ3v) is 8.76. The maximum atomic E-state index is 13.4. The first kappa shape index (κ1) is 24.1. The normalized spacial score (nSPS) is 30.1. The van der Waals surface area contributed by atoms with Crippen molar-refractivity contribution in [3.8, 4) is 11.5 Å². The second-order valence-corrected chi connectivity index (χ2v) is 11.7. The number of carbonyl (C=O) groups is 3. The van der Waals surface area contributed by atoms with Crippen molar-refractivity contribution in [2.45, 2.75) is 45.4 Å². The monoisotopic (exact) mass is 515 g/mol. The first-order valence-corrected chi connectivity index (χ1v) is 13.3. The highest BCUT2D eigenvalue weighted by molar-refractivity contribution is 8.26. The fourth-order valence-corrected chi connectivity index (χ4v) is 7.65. The molecule has 35 heavy (non-hydrogen) atoms. The third kappa shape index (κ3) is 4.78. The van der Waals surface area contributed by atoms with Crippen LogP contribution in [0, 0.1) is 23.2 Å². The molecule has 4 bridgehead atoms. The Morgan fingerprint density at radius 2 is 1.83 bits per heavy atom. The number of primary amides is 1. The number of nitrogens with zero attached hydrogens (tertiary/aromatic N) is 1. The second kappa shape index (κ2) is 9.46. The molecule has 0 atom stereocenters. The van der Waals surface area contributed by atoms with E-state index in [0.29, 0.717) is 50.6 Å². The van der Waals surface area contributed by atoms with E-state index in [-0.39, 0.29) is 23.8 Å². The first-order valence-electron chi connectivity index (χ1n) is 12.0. The maximum absolute atomic E-state index is 13.4. The Kier molecular flexibility index (Phi) is 6.52. The fraction of sp³-hybridized carbons (Fsp3) is 0.520. The molecule has 1 heterocycles. The summed E-state index contributed by atoms with van der Waals surface area (Å²) in [6.45, 7) is 1.97. The molecule has 4 aliphatic carbocycles. The first-order chi connectivity index (χ1) is 16.8. The van der Waals surface area contributed by atoms with E-state index in [1.807, 2.05) is 6.92 Å². The Bertz CT molecular complexity index is 1080. The SMILES string of the molecule is CCOc1cc(/C=C2\SC(=S)N(NC(=O)C34CC5CC(CC(C5)C3)C4)C2=O)ccc1OCC(N)=O. The predicted molar refractivity (Wildman–Crippen MR) is 136 cm³/mol. The van der Waals surface area contributed by atoms with Crippen LogP contribution in [0.4, 0.5) is 0 Å². The number of nitrogens with one attached hydrogen (secondary N) is 1. The van der Waals surface area contributed by atoms with Crippen LogP contribution in [-0.4, -0.2) is 40.3 Å². The molecule has 0 aromatic heterocycles. The van der Waals surface area contributed by atoms with Crippen LogP contribution in [0.1, 0.15) is 51.0 Å². The van der Waals surface area contributed by atoms with Crippen molar-refractivity contribution in [3.63, 3.8) is 0 Å². The summed E-state index contributed by atoms with van der Waals surface area (Å²) < 4.78 is 11.3. The van der Waals surface area contributed by atoms with E-state index >= 15 is 0 Å². The van der Waals surface area contributed by atoms with Crippen LogP contribution in [0.5, 0.6) is 11.5 Å². The zero-order valence-corrected chi connectivity index (χ0v) is 21.2. The van der Waals surface area contributed by atoms with Gasteiger partial charge in [0.2, 0.25) is 5.91 Å². The predicted octanol–water partition coefficient (Wildman–Crippen LogP) is 3.40. The van der Waals surface area contributed by atoms with Gasteiger partial charge in [0, 0.05) is 0 Å². The van der Waals surface area contributed by atoms with Crippen LogP contribution in [-0.2, 0) is 14.4 Å². The number of thiocarbonyl (C=S) groups is 1. The molecule has 0 unspecified atom stereocenters. The fourth-order valence-electron chi connectivity index (χ4n) is 6.48. The summed E-state index contributed by atoms with van der Waals surface area (Å²) in [5.74, 6) is 1.73. The number of rotatable bonds is 8. The zero-order chi connectivity index (χ0) is 24.7. The van der Waals surface area contributed by atoms with Gasteiger partial charge >= 0.3 is 0 Å². The molecule has 186 valence electrons. The molecule has 1 aromatic rings. The number of benzene rings is 1. The Labute approximate surface area is 213 Å². The van der Waals surface area contributed by atoms with Gasteiger partial charge < -0.3 is 15.2 Å². The summed E-state index contributed by atoms with van der Waals surface area (Å²) in [5, 5.41) is 1.22. The molecule has 4 saturated carbocycles. The summed E-state index contributed by atoms with van der Waals surface area (Å²) in [6.07, 6.45) is 8.18. The lowest BCUT2D eigenvalue weighted by atomic mass is 9.49. The Hall–Kier alpha value is -2.59. The van der Waals surface area contributed by atoms with Gasteiger partial charge in [-0.2, -0.15) is 5.01 Å². The van der Waals surface area contributed by atoms with Gasteiger partial charge in [-0.05, 0) is 99.2 Å². The largest absolute Gasteiger partial charge is 0.490 e. The molecule has 5 fully saturated rings. The molecule has 1 aromatic carbocycles. The Morgan fingerprint density at radius 3 is 2.43 bits per heavy atom. The van der Waals surface area contributed by atoms with Crippen LogP contribution in [0.3, 0.4) is 0 Å².